The molecule has 10 nitrogen and oxygen atoms in total. The molecule has 2 aliphatic heterocycles. The molecule has 6 rings (SSSR count). The molecule has 2 saturated carbocycles. The number of aliphatic imine (C=N–C) groups is 1. The van der Waals surface area contributed by atoms with Gasteiger partial charge in [0.25, 0.3) is 5.91 Å². The van der Waals surface area contributed by atoms with Gasteiger partial charge >= 0.3 is 6.01 Å². The number of ether oxygens (including phenoxy) is 2. The lowest BCUT2D eigenvalue weighted by Gasteiger charge is -2.32. The van der Waals surface area contributed by atoms with Gasteiger partial charge < -0.3 is 19.7 Å². The van der Waals surface area contributed by atoms with Gasteiger partial charge in [0, 0.05) is 43.1 Å². The van der Waals surface area contributed by atoms with Gasteiger partial charge in [0.1, 0.15) is 5.75 Å². The van der Waals surface area contributed by atoms with Crippen LogP contribution in [0.25, 0.3) is 0 Å². The lowest BCUT2D eigenvalue weighted by Crippen LogP contribution is -2.41. The highest BCUT2D eigenvalue weighted by Crippen LogP contribution is 2.38. The lowest BCUT2D eigenvalue weighted by atomic mass is 9.88. The Hall–Kier alpha value is -3.74. The minimum absolute atomic E-state index is 0.100. The number of hydrogen-bond donors (Lipinski definition) is 1. The molecule has 10 heteroatoms. The average molecular weight is 502 g/mol. The predicted octanol–water partition coefficient (Wildman–Crippen LogP) is 2.42. The third kappa shape index (κ3) is 4.82. The van der Waals surface area contributed by atoms with Crippen molar-refractivity contribution in [3.63, 3.8) is 0 Å². The zero-order chi connectivity index (χ0) is 25.4. The zero-order valence-corrected chi connectivity index (χ0v) is 21.0. The number of carbonyl (C=O) groups is 1. The molecule has 37 heavy (non-hydrogen) atoms. The van der Waals surface area contributed by atoms with E-state index in [1.165, 1.54) is 0 Å². The number of carbonyl (C=O) groups excluding carboxylic acids is 1. The second-order valence-electron chi connectivity index (χ2n) is 10.2. The molecule has 192 valence electrons. The molecule has 1 N–H and O–H groups in total. The minimum Gasteiger partial charge on any atom is -0.496 e. The van der Waals surface area contributed by atoms with E-state index in [1.807, 2.05) is 6.07 Å². The van der Waals surface area contributed by atoms with Crippen LogP contribution in [-0.2, 0) is 6.54 Å². The van der Waals surface area contributed by atoms with Crippen molar-refractivity contribution < 1.29 is 14.3 Å². The maximum atomic E-state index is 12.9. The first-order valence-electron chi connectivity index (χ1n) is 13.1. The normalized spacial score (nSPS) is 22.9. The van der Waals surface area contributed by atoms with Crippen molar-refractivity contribution in [2.75, 3.05) is 31.7 Å². The monoisotopic (exact) mass is 501 g/mol. The lowest BCUT2D eigenvalue weighted by molar-refractivity contribution is 0.0904. The summed E-state index contributed by atoms with van der Waals surface area (Å²) in [5.74, 6) is 4.74. The van der Waals surface area contributed by atoms with Crippen molar-refractivity contribution >= 4 is 17.6 Å². The van der Waals surface area contributed by atoms with Gasteiger partial charge in [-0.25, -0.2) is 0 Å². The Labute approximate surface area is 216 Å². The highest BCUT2D eigenvalue weighted by Gasteiger charge is 2.37. The Bertz CT molecular complexity index is 1260. The summed E-state index contributed by atoms with van der Waals surface area (Å²) in [6.07, 6.45) is 13.1. The number of piperidine rings is 1. The second kappa shape index (κ2) is 9.96. The van der Waals surface area contributed by atoms with E-state index in [4.69, 9.17) is 20.9 Å². The first kappa shape index (κ1) is 23.6. The molecule has 0 spiro atoms. The summed E-state index contributed by atoms with van der Waals surface area (Å²) in [5, 5.41) is 3.02. The molecule has 2 aromatic heterocycles. The van der Waals surface area contributed by atoms with Crippen LogP contribution in [0.3, 0.4) is 0 Å². The Balaban J connectivity index is 1.17. The van der Waals surface area contributed by atoms with Gasteiger partial charge in [-0.1, -0.05) is 0 Å². The largest absolute Gasteiger partial charge is 0.496 e. The summed E-state index contributed by atoms with van der Waals surface area (Å²) in [4.78, 5) is 37.8. The Morgan fingerprint density at radius 3 is 2.76 bits per heavy atom. The maximum absolute atomic E-state index is 12.9. The number of hydrogen-bond acceptors (Lipinski definition) is 9. The van der Waals surface area contributed by atoms with Crippen molar-refractivity contribution in [1.82, 2.24) is 25.3 Å². The SMILES string of the molecule is C#C[C@@H]1C[C@@H]1COc1nc(C(=O)NC2CCC2)nc(N2CCC(C3=NCc4nccc(OC)c43)CC2)n1. The van der Waals surface area contributed by atoms with Crippen molar-refractivity contribution in [2.45, 2.75) is 51.1 Å². The molecule has 2 aliphatic carbocycles. The summed E-state index contributed by atoms with van der Waals surface area (Å²) >= 11 is 0. The molecule has 0 unspecified atom stereocenters. The van der Waals surface area contributed by atoms with E-state index >= 15 is 0 Å². The fourth-order valence-corrected chi connectivity index (χ4v) is 5.25. The van der Waals surface area contributed by atoms with Crippen molar-refractivity contribution in [1.29, 1.82) is 0 Å². The van der Waals surface area contributed by atoms with E-state index < -0.39 is 0 Å². The van der Waals surface area contributed by atoms with E-state index in [0.29, 0.717) is 30.9 Å². The van der Waals surface area contributed by atoms with Crippen molar-refractivity contribution in [3.8, 4) is 24.1 Å². The van der Waals surface area contributed by atoms with Gasteiger partial charge in [-0.2, -0.15) is 15.0 Å². The van der Waals surface area contributed by atoms with Gasteiger partial charge in [0.15, 0.2) is 0 Å². The molecule has 4 aliphatic rings. The summed E-state index contributed by atoms with van der Waals surface area (Å²) in [6, 6.07) is 2.26. The molecule has 2 atom stereocenters. The van der Waals surface area contributed by atoms with Gasteiger partial charge in [-0.15, -0.1) is 12.3 Å². The summed E-state index contributed by atoms with van der Waals surface area (Å²) < 4.78 is 11.5. The topological polar surface area (TPSA) is 115 Å². The minimum atomic E-state index is -0.280. The quantitative estimate of drug-likeness (QED) is 0.549. The Kier molecular flexibility index (Phi) is 6.37. The number of anilines is 1. The van der Waals surface area contributed by atoms with Crippen LogP contribution < -0.4 is 19.7 Å². The van der Waals surface area contributed by atoms with Crippen LogP contribution in [0.15, 0.2) is 17.3 Å². The van der Waals surface area contributed by atoms with E-state index in [9.17, 15) is 4.79 Å². The molecule has 3 fully saturated rings. The standard InChI is InChI=1S/C27H31N7O3/c1-3-16-13-18(16)15-37-27-32-24(25(35)30-19-5-4-6-19)31-26(33-27)34-11-8-17(9-12-34)23-22-20(14-29-23)28-10-7-21(22)36-2/h1,7,10,16-19H,4-6,8-9,11-15H2,2H3,(H,30,35)/t16-,18-/m1/s1. The first-order valence-corrected chi connectivity index (χ1v) is 13.1. The molecule has 0 aromatic carbocycles. The molecule has 0 radical (unpaired) electrons. The number of fused-ring (bicyclic) bond motifs is 1. The fraction of sp³-hybridized carbons (Fsp3) is 0.556. The number of methoxy groups -OCH3 is 1. The number of nitrogens with one attached hydrogen (secondary N) is 1. The molecular weight excluding hydrogens is 470 g/mol. The van der Waals surface area contributed by atoms with Crippen LogP contribution >= 0.6 is 0 Å². The molecule has 1 saturated heterocycles. The van der Waals surface area contributed by atoms with Crippen LogP contribution in [0.5, 0.6) is 11.8 Å². The number of aromatic nitrogens is 4. The van der Waals surface area contributed by atoms with Crippen molar-refractivity contribution in [2.24, 2.45) is 22.7 Å². The van der Waals surface area contributed by atoms with E-state index in [2.05, 4.69) is 36.1 Å². The number of rotatable bonds is 8. The number of terminal acetylenes is 1. The third-order valence-corrected chi connectivity index (χ3v) is 7.84. The number of amides is 1. The van der Waals surface area contributed by atoms with E-state index in [0.717, 1.165) is 74.3 Å². The summed E-state index contributed by atoms with van der Waals surface area (Å²) in [5.41, 5.74) is 3.09. The number of nitrogens with zero attached hydrogens (tertiary/aromatic N) is 6. The predicted molar refractivity (Wildman–Crippen MR) is 137 cm³/mol. The first-order chi connectivity index (χ1) is 18.1. The highest BCUT2D eigenvalue weighted by atomic mass is 16.5. The highest BCUT2D eigenvalue weighted by molar-refractivity contribution is 6.07. The molecule has 1 amide bonds. The molecule has 2 aromatic rings. The van der Waals surface area contributed by atoms with Crippen LogP contribution in [0, 0.1) is 30.1 Å². The summed E-state index contributed by atoms with van der Waals surface area (Å²) in [6.45, 7) is 2.50. The van der Waals surface area contributed by atoms with E-state index in [1.54, 1.807) is 13.3 Å². The van der Waals surface area contributed by atoms with Crippen molar-refractivity contribution in [3.05, 3.63) is 29.3 Å². The van der Waals surface area contributed by atoms with Gasteiger partial charge in [0.2, 0.25) is 11.8 Å². The van der Waals surface area contributed by atoms with Gasteiger partial charge in [-0.05, 0) is 44.6 Å². The maximum Gasteiger partial charge on any atom is 0.321 e. The van der Waals surface area contributed by atoms with Crippen LogP contribution in [0.4, 0.5) is 5.95 Å². The molecule has 4 heterocycles. The number of pyridine rings is 1. The molecular formula is C27H31N7O3. The Morgan fingerprint density at radius 1 is 1.22 bits per heavy atom. The smallest absolute Gasteiger partial charge is 0.321 e. The molecule has 0 bridgehead atoms. The Morgan fingerprint density at radius 2 is 2.05 bits per heavy atom. The van der Waals surface area contributed by atoms with Crippen LogP contribution in [-0.4, -0.2) is 64.4 Å². The van der Waals surface area contributed by atoms with E-state index in [-0.39, 0.29) is 29.7 Å². The van der Waals surface area contributed by atoms with Crippen LogP contribution in [0.1, 0.15) is 60.4 Å². The van der Waals surface area contributed by atoms with Crippen LogP contribution in [0.2, 0.25) is 0 Å². The third-order valence-electron chi connectivity index (χ3n) is 7.84. The second-order valence-corrected chi connectivity index (χ2v) is 10.2. The average Bonchev–Trinajstić information content (AvgIpc) is 3.55. The summed E-state index contributed by atoms with van der Waals surface area (Å²) in [7, 11) is 1.68. The fourth-order valence-electron chi connectivity index (χ4n) is 5.25. The van der Waals surface area contributed by atoms with Gasteiger partial charge in [-0.3, -0.25) is 14.8 Å². The van der Waals surface area contributed by atoms with Gasteiger partial charge in [0.05, 0.1) is 37.2 Å². The zero-order valence-electron chi connectivity index (χ0n) is 21.0.